The Morgan fingerprint density at radius 2 is 1.75 bits per heavy atom. The van der Waals surface area contributed by atoms with Crippen LogP contribution in [0.25, 0.3) is 0 Å². The summed E-state index contributed by atoms with van der Waals surface area (Å²) < 4.78 is 46.0. The van der Waals surface area contributed by atoms with Crippen LogP contribution in [-0.2, 0) is 14.8 Å². The predicted octanol–water partition coefficient (Wildman–Crippen LogP) is 4.56. The number of hydrogen-bond donors (Lipinski definition) is 1. The molecule has 0 aliphatic rings. The maximum Gasteiger partial charge on any atom is 0.264 e. The molecule has 0 saturated carbocycles. The number of anilines is 1. The fourth-order valence-electron chi connectivity index (χ4n) is 3.10. The van der Waals surface area contributed by atoms with E-state index in [9.17, 15) is 17.6 Å². The van der Waals surface area contributed by atoms with Crippen LogP contribution >= 0.6 is 11.6 Å². The highest BCUT2D eigenvalue weighted by Crippen LogP contribution is 2.32. The Bertz CT molecular complexity index is 1190. The lowest BCUT2D eigenvalue weighted by molar-refractivity contribution is -0.120. The van der Waals surface area contributed by atoms with Gasteiger partial charge in [0.2, 0.25) is 5.91 Å². The van der Waals surface area contributed by atoms with E-state index in [1.54, 1.807) is 37.3 Å². The van der Waals surface area contributed by atoms with Crippen LogP contribution in [0.1, 0.15) is 18.5 Å². The van der Waals surface area contributed by atoms with E-state index >= 15 is 0 Å². The van der Waals surface area contributed by atoms with E-state index in [4.69, 9.17) is 16.3 Å². The van der Waals surface area contributed by atoms with Crippen LogP contribution in [0.5, 0.6) is 5.75 Å². The summed E-state index contributed by atoms with van der Waals surface area (Å²) in [6.45, 7) is 1.25. The number of amides is 1. The summed E-state index contributed by atoms with van der Waals surface area (Å²) >= 11 is 6.21. The van der Waals surface area contributed by atoms with Gasteiger partial charge in [-0.2, -0.15) is 0 Å². The van der Waals surface area contributed by atoms with E-state index < -0.39 is 28.5 Å². The lowest BCUT2D eigenvalue weighted by Gasteiger charge is -2.25. The Kier molecular flexibility index (Phi) is 7.37. The molecule has 3 aromatic rings. The van der Waals surface area contributed by atoms with Crippen molar-refractivity contribution < 1.29 is 22.3 Å². The van der Waals surface area contributed by atoms with Crippen molar-refractivity contribution in [3.8, 4) is 5.75 Å². The lowest BCUT2D eigenvalue weighted by atomic mass is 10.1. The van der Waals surface area contributed by atoms with Crippen molar-refractivity contribution in [1.82, 2.24) is 5.32 Å². The number of benzene rings is 3. The summed E-state index contributed by atoms with van der Waals surface area (Å²) in [4.78, 5) is 12.8. The third kappa shape index (κ3) is 5.38. The molecule has 0 radical (unpaired) electrons. The van der Waals surface area contributed by atoms with E-state index in [0.717, 1.165) is 4.31 Å². The molecule has 1 amide bonds. The summed E-state index contributed by atoms with van der Waals surface area (Å²) in [6, 6.07) is 17.5. The smallest absolute Gasteiger partial charge is 0.264 e. The second-order valence-electron chi connectivity index (χ2n) is 6.98. The van der Waals surface area contributed by atoms with Crippen LogP contribution in [0, 0.1) is 5.82 Å². The first-order valence-corrected chi connectivity index (χ1v) is 11.5. The van der Waals surface area contributed by atoms with Crippen LogP contribution in [0.4, 0.5) is 10.1 Å². The highest BCUT2D eigenvalue weighted by Gasteiger charge is 2.28. The van der Waals surface area contributed by atoms with Crippen molar-refractivity contribution in [3.63, 3.8) is 0 Å². The molecule has 168 valence electrons. The van der Waals surface area contributed by atoms with Gasteiger partial charge in [-0.25, -0.2) is 12.8 Å². The number of carbonyl (C=O) groups excluding carboxylic acids is 1. The van der Waals surface area contributed by atoms with Gasteiger partial charge in [0, 0.05) is 0 Å². The van der Waals surface area contributed by atoms with Crippen LogP contribution in [0.15, 0.2) is 77.7 Å². The minimum absolute atomic E-state index is 0.0336. The molecule has 3 rings (SSSR count). The van der Waals surface area contributed by atoms with Gasteiger partial charge in [0.05, 0.1) is 28.8 Å². The highest BCUT2D eigenvalue weighted by molar-refractivity contribution is 7.92. The maximum absolute atomic E-state index is 13.4. The second-order valence-corrected chi connectivity index (χ2v) is 9.25. The summed E-state index contributed by atoms with van der Waals surface area (Å²) in [5.41, 5.74) is 0.897. The van der Waals surface area contributed by atoms with Crippen molar-refractivity contribution in [2.75, 3.05) is 18.0 Å². The third-order valence-corrected chi connectivity index (χ3v) is 6.87. The maximum atomic E-state index is 13.4. The Hall–Kier alpha value is -3.10. The molecule has 9 heteroatoms. The van der Waals surface area contributed by atoms with Crippen molar-refractivity contribution >= 4 is 33.2 Å². The Morgan fingerprint density at radius 3 is 2.34 bits per heavy atom. The number of nitrogens with zero attached hydrogens (tertiary/aromatic N) is 1. The Labute approximate surface area is 191 Å². The molecule has 0 heterocycles. The van der Waals surface area contributed by atoms with Gasteiger partial charge in [-0.15, -0.1) is 0 Å². The van der Waals surface area contributed by atoms with E-state index in [2.05, 4.69) is 5.32 Å². The van der Waals surface area contributed by atoms with Crippen LogP contribution in [0.2, 0.25) is 5.02 Å². The normalized spacial score (nSPS) is 12.1. The van der Waals surface area contributed by atoms with E-state index in [0.29, 0.717) is 11.3 Å². The molecule has 1 N–H and O–H groups in total. The molecule has 0 aliphatic heterocycles. The van der Waals surface area contributed by atoms with Crippen LogP contribution in [0.3, 0.4) is 0 Å². The van der Waals surface area contributed by atoms with Crippen molar-refractivity contribution in [2.45, 2.75) is 17.9 Å². The predicted molar refractivity (Wildman–Crippen MR) is 122 cm³/mol. The standard InChI is InChI=1S/C23H22ClFN2O4S/c1-16(17-8-10-18(25)11-9-17)26-23(28)15-27(19-12-13-22(31-2)21(24)14-19)32(29,30)20-6-4-3-5-7-20/h3-14,16H,15H2,1-2H3,(H,26,28). The minimum atomic E-state index is -4.07. The number of nitrogens with one attached hydrogen (secondary N) is 1. The first-order valence-electron chi connectivity index (χ1n) is 9.68. The zero-order chi connectivity index (χ0) is 23.3. The number of hydrogen-bond acceptors (Lipinski definition) is 4. The molecule has 0 aliphatic carbocycles. The average Bonchev–Trinajstić information content (AvgIpc) is 2.78. The van der Waals surface area contributed by atoms with Crippen molar-refractivity contribution in [2.24, 2.45) is 0 Å². The number of halogens is 2. The van der Waals surface area contributed by atoms with E-state index in [1.165, 1.54) is 49.6 Å². The summed E-state index contributed by atoms with van der Waals surface area (Å²) in [5.74, 6) is -0.543. The topological polar surface area (TPSA) is 75.7 Å². The Morgan fingerprint density at radius 1 is 1.09 bits per heavy atom. The molecule has 3 aromatic carbocycles. The first-order chi connectivity index (χ1) is 15.2. The SMILES string of the molecule is COc1ccc(N(CC(=O)NC(C)c2ccc(F)cc2)S(=O)(=O)c2ccccc2)cc1Cl. The van der Waals surface area contributed by atoms with Gasteiger partial charge in [-0.05, 0) is 55.0 Å². The van der Waals surface area contributed by atoms with Gasteiger partial charge in [0.1, 0.15) is 18.1 Å². The lowest BCUT2D eigenvalue weighted by Crippen LogP contribution is -2.41. The van der Waals surface area contributed by atoms with Gasteiger partial charge in [-0.3, -0.25) is 9.10 Å². The van der Waals surface area contributed by atoms with Gasteiger partial charge in [0.15, 0.2) is 0 Å². The summed E-state index contributed by atoms with van der Waals surface area (Å²) in [5, 5.41) is 2.96. The van der Waals surface area contributed by atoms with Crippen molar-refractivity contribution in [1.29, 1.82) is 0 Å². The first kappa shape index (κ1) is 23.6. The number of methoxy groups -OCH3 is 1. The molecular weight excluding hydrogens is 455 g/mol. The fraction of sp³-hybridized carbons (Fsp3) is 0.174. The molecule has 6 nitrogen and oxygen atoms in total. The molecule has 0 spiro atoms. The Balaban J connectivity index is 1.91. The molecule has 0 bridgehead atoms. The second kappa shape index (κ2) is 10.0. The van der Waals surface area contributed by atoms with Crippen LogP contribution in [-0.4, -0.2) is 28.0 Å². The van der Waals surface area contributed by atoms with E-state index in [-0.39, 0.29) is 21.4 Å². The zero-order valence-corrected chi connectivity index (χ0v) is 19.0. The van der Waals surface area contributed by atoms with Gasteiger partial charge in [-0.1, -0.05) is 41.9 Å². The van der Waals surface area contributed by atoms with E-state index in [1.807, 2.05) is 0 Å². The van der Waals surface area contributed by atoms with Crippen molar-refractivity contribution in [3.05, 3.63) is 89.2 Å². The zero-order valence-electron chi connectivity index (χ0n) is 17.5. The molecule has 1 atom stereocenters. The molecule has 32 heavy (non-hydrogen) atoms. The number of ether oxygens (including phenoxy) is 1. The van der Waals surface area contributed by atoms with Gasteiger partial charge in [0.25, 0.3) is 10.0 Å². The third-order valence-electron chi connectivity index (χ3n) is 4.79. The fourth-order valence-corrected chi connectivity index (χ4v) is 4.78. The quantitative estimate of drug-likeness (QED) is 0.517. The molecule has 0 fully saturated rings. The number of sulfonamides is 1. The average molecular weight is 477 g/mol. The molecule has 0 aromatic heterocycles. The molecular formula is C23H22ClFN2O4S. The summed E-state index contributed by atoms with van der Waals surface area (Å²) in [7, 11) is -2.62. The van der Waals surface area contributed by atoms with Gasteiger partial charge < -0.3 is 10.1 Å². The largest absolute Gasteiger partial charge is 0.495 e. The summed E-state index contributed by atoms with van der Waals surface area (Å²) in [6.07, 6.45) is 0. The number of carbonyl (C=O) groups is 1. The van der Waals surface area contributed by atoms with Gasteiger partial charge >= 0.3 is 0 Å². The monoisotopic (exact) mass is 476 g/mol. The minimum Gasteiger partial charge on any atom is -0.495 e. The van der Waals surface area contributed by atoms with Crippen LogP contribution < -0.4 is 14.4 Å². The number of rotatable bonds is 8. The molecule has 1 unspecified atom stereocenters. The molecule has 0 saturated heterocycles. The highest BCUT2D eigenvalue weighted by atomic mass is 35.5.